The van der Waals surface area contributed by atoms with Crippen molar-refractivity contribution in [3.63, 3.8) is 0 Å². The molecule has 3 aromatic rings. The van der Waals surface area contributed by atoms with Crippen molar-refractivity contribution in [1.82, 2.24) is 0 Å². The summed E-state index contributed by atoms with van der Waals surface area (Å²) in [7, 11) is 0. The van der Waals surface area contributed by atoms with Crippen LogP contribution in [0.4, 0.5) is 11.4 Å². The molecule has 2 atom stereocenters. The van der Waals surface area contributed by atoms with Crippen LogP contribution in [0.3, 0.4) is 0 Å². The smallest absolute Gasteiger partial charge is 0.163 e. The van der Waals surface area contributed by atoms with Gasteiger partial charge in [-0.15, -0.1) is 0 Å². The van der Waals surface area contributed by atoms with Gasteiger partial charge in [0.2, 0.25) is 0 Å². The second-order valence-corrected chi connectivity index (χ2v) is 9.40. The molecule has 0 bridgehead atoms. The predicted octanol–water partition coefficient (Wildman–Crippen LogP) is 7.50. The second kappa shape index (κ2) is 9.94. The number of Topliss-reactive ketones (excluding diaryl/α,β-unsaturated/α-hetero) is 1. The van der Waals surface area contributed by atoms with E-state index in [4.69, 9.17) is 16.3 Å². The quantitative estimate of drug-likeness (QED) is 0.365. The first-order valence-corrected chi connectivity index (χ1v) is 12.4. The van der Waals surface area contributed by atoms with E-state index in [0.29, 0.717) is 18.1 Å². The van der Waals surface area contributed by atoms with Crippen LogP contribution < -0.4 is 15.4 Å². The number of hydrogen-bond donors (Lipinski definition) is 2. The first kappa shape index (κ1) is 22.5. The summed E-state index contributed by atoms with van der Waals surface area (Å²) >= 11 is 6.11. The third-order valence-corrected chi connectivity index (χ3v) is 6.89. The average molecular weight is 473 g/mol. The van der Waals surface area contributed by atoms with Gasteiger partial charge in [0.1, 0.15) is 5.75 Å². The molecule has 0 saturated heterocycles. The Kier molecular flexibility index (Phi) is 6.59. The molecule has 5 rings (SSSR count). The number of ketones is 1. The molecule has 0 spiro atoms. The molecule has 1 aliphatic heterocycles. The molecule has 0 aromatic heterocycles. The molecule has 5 heteroatoms. The molecule has 1 aliphatic carbocycles. The van der Waals surface area contributed by atoms with E-state index in [1.165, 1.54) is 0 Å². The highest BCUT2D eigenvalue weighted by atomic mass is 35.5. The summed E-state index contributed by atoms with van der Waals surface area (Å²) in [4.78, 5) is 13.7. The fourth-order valence-corrected chi connectivity index (χ4v) is 5.00. The monoisotopic (exact) mass is 472 g/mol. The van der Waals surface area contributed by atoms with E-state index in [0.717, 1.165) is 58.8 Å². The van der Waals surface area contributed by atoms with E-state index < -0.39 is 0 Å². The summed E-state index contributed by atoms with van der Waals surface area (Å²) in [5.74, 6) is 1.09. The molecule has 1 heterocycles. The topological polar surface area (TPSA) is 50.4 Å². The minimum Gasteiger partial charge on any atom is -0.493 e. The molecule has 3 aromatic carbocycles. The maximum Gasteiger partial charge on any atom is 0.163 e. The van der Waals surface area contributed by atoms with Crippen LogP contribution in [0.5, 0.6) is 5.75 Å². The average Bonchev–Trinajstić information content (AvgIpc) is 3.02. The minimum absolute atomic E-state index is 0.109. The van der Waals surface area contributed by atoms with Gasteiger partial charge in [0, 0.05) is 28.3 Å². The van der Waals surface area contributed by atoms with Crippen LogP contribution in [0.2, 0.25) is 5.02 Å². The van der Waals surface area contributed by atoms with Gasteiger partial charge in [-0.2, -0.15) is 0 Å². The number of nitrogens with one attached hydrogen (secondary N) is 2. The van der Waals surface area contributed by atoms with E-state index >= 15 is 0 Å². The van der Waals surface area contributed by atoms with Gasteiger partial charge in [-0.25, -0.2) is 0 Å². The minimum atomic E-state index is -0.289. The van der Waals surface area contributed by atoms with Crippen molar-refractivity contribution in [2.75, 3.05) is 17.2 Å². The van der Waals surface area contributed by atoms with Gasteiger partial charge in [0.15, 0.2) is 5.78 Å². The first-order chi connectivity index (χ1) is 16.6. The lowest BCUT2D eigenvalue weighted by atomic mass is 9.78. The molecular formula is C29H29ClN2O2. The van der Waals surface area contributed by atoms with Crippen molar-refractivity contribution in [1.29, 1.82) is 0 Å². The number of allylic oxidation sites excluding steroid dienone is 1. The van der Waals surface area contributed by atoms with Gasteiger partial charge >= 0.3 is 0 Å². The van der Waals surface area contributed by atoms with Crippen molar-refractivity contribution >= 4 is 28.8 Å². The van der Waals surface area contributed by atoms with Gasteiger partial charge in [-0.1, -0.05) is 67.4 Å². The van der Waals surface area contributed by atoms with Crippen molar-refractivity contribution in [2.24, 2.45) is 0 Å². The summed E-state index contributed by atoms with van der Waals surface area (Å²) in [5.41, 5.74) is 5.85. The first-order valence-electron chi connectivity index (χ1n) is 12.0. The Morgan fingerprint density at radius 3 is 2.47 bits per heavy atom. The standard InChI is InChI=1S/C29H29ClN2O2/c1-2-3-16-34-27-11-7-4-8-22(27)29-28-25(31-23-9-5-6-10-24(23)32-29)17-20(18-26(28)33)19-12-14-21(30)15-13-19/h4-15,20,29,31-32H,2-3,16-18H2,1H3/t20-,29+/m0/s1. The number of hydrogen-bond acceptors (Lipinski definition) is 4. The summed E-state index contributed by atoms with van der Waals surface area (Å²) < 4.78 is 6.17. The van der Waals surface area contributed by atoms with E-state index in [1.807, 2.05) is 54.6 Å². The Bertz CT molecular complexity index is 1220. The normalized spacial score (nSPS) is 19.4. The van der Waals surface area contributed by atoms with E-state index in [2.05, 4.69) is 35.8 Å². The lowest BCUT2D eigenvalue weighted by molar-refractivity contribution is -0.116. The molecular weight excluding hydrogens is 444 g/mol. The van der Waals surface area contributed by atoms with Crippen molar-refractivity contribution in [3.8, 4) is 5.75 Å². The van der Waals surface area contributed by atoms with E-state index in [9.17, 15) is 4.79 Å². The van der Waals surface area contributed by atoms with Crippen molar-refractivity contribution < 1.29 is 9.53 Å². The summed E-state index contributed by atoms with van der Waals surface area (Å²) in [6.45, 7) is 2.81. The van der Waals surface area contributed by atoms with Crippen molar-refractivity contribution in [2.45, 2.75) is 44.6 Å². The maximum absolute atomic E-state index is 13.7. The van der Waals surface area contributed by atoms with Crippen LogP contribution in [0.15, 0.2) is 84.1 Å². The highest BCUT2D eigenvalue weighted by Gasteiger charge is 2.37. The Labute approximate surface area is 206 Å². The highest BCUT2D eigenvalue weighted by Crippen LogP contribution is 2.45. The van der Waals surface area contributed by atoms with E-state index in [1.54, 1.807) is 0 Å². The number of rotatable bonds is 6. The molecule has 0 radical (unpaired) electrons. The number of carbonyl (C=O) groups is 1. The highest BCUT2D eigenvalue weighted by molar-refractivity contribution is 6.30. The maximum atomic E-state index is 13.7. The fourth-order valence-electron chi connectivity index (χ4n) is 4.87. The Hall–Kier alpha value is -3.24. The molecule has 4 nitrogen and oxygen atoms in total. The zero-order valence-electron chi connectivity index (χ0n) is 19.3. The Balaban J connectivity index is 1.57. The number of ether oxygens (including phenoxy) is 1. The fraction of sp³-hybridized carbons (Fsp3) is 0.276. The second-order valence-electron chi connectivity index (χ2n) is 8.96. The Morgan fingerprint density at radius 1 is 0.941 bits per heavy atom. The van der Waals surface area contributed by atoms with E-state index in [-0.39, 0.29) is 17.7 Å². The molecule has 0 amide bonds. The lowest BCUT2D eigenvalue weighted by Gasteiger charge is -2.30. The van der Waals surface area contributed by atoms with Crippen LogP contribution in [0, 0.1) is 0 Å². The number of fused-ring (bicyclic) bond motifs is 1. The molecule has 0 fully saturated rings. The van der Waals surface area contributed by atoms with Gasteiger partial charge in [-0.3, -0.25) is 4.79 Å². The van der Waals surface area contributed by atoms with Crippen LogP contribution >= 0.6 is 11.6 Å². The zero-order chi connectivity index (χ0) is 23.5. The largest absolute Gasteiger partial charge is 0.493 e. The lowest BCUT2D eigenvalue weighted by Crippen LogP contribution is -2.27. The van der Waals surface area contributed by atoms with Gasteiger partial charge in [-0.05, 0) is 54.7 Å². The Morgan fingerprint density at radius 2 is 1.68 bits per heavy atom. The molecule has 0 unspecified atom stereocenters. The van der Waals surface area contributed by atoms with Crippen LogP contribution in [0.25, 0.3) is 0 Å². The number of para-hydroxylation sites is 3. The number of carbonyl (C=O) groups excluding carboxylic acids is 1. The third-order valence-electron chi connectivity index (χ3n) is 6.64. The SMILES string of the molecule is CCCCOc1ccccc1[C@H]1Nc2ccccc2NC2=C1C(=O)C[C@@H](c1ccc(Cl)cc1)C2. The molecule has 2 N–H and O–H groups in total. The predicted molar refractivity (Wildman–Crippen MR) is 139 cm³/mol. The molecule has 174 valence electrons. The zero-order valence-corrected chi connectivity index (χ0v) is 20.1. The number of benzene rings is 3. The van der Waals surface area contributed by atoms with Crippen molar-refractivity contribution in [3.05, 3.63) is 100 Å². The van der Waals surface area contributed by atoms with Crippen LogP contribution in [-0.4, -0.2) is 12.4 Å². The number of unbranched alkanes of at least 4 members (excludes halogenated alkanes) is 1. The van der Waals surface area contributed by atoms with Gasteiger partial charge < -0.3 is 15.4 Å². The summed E-state index contributed by atoms with van der Waals surface area (Å²) in [6, 6.07) is 23.8. The molecule has 34 heavy (non-hydrogen) atoms. The number of halogens is 1. The number of anilines is 2. The van der Waals surface area contributed by atoms with Crippen LogP contribution in [0.1, 0.15) is 55.7 Å². The summed E-state index contributed by atoms with van der Waals surface area (Å²) in [6.07, 6.45) is 3.29. The molecule has 0 saturated carbocycles. The van der Waals surface area contributed by atoms with Gasteiger partial charge in [0.05, 0.1) is 24.0 Å². The van der Waals surface area contributed by atoms with Crippen LogP contribution in [-0.2, 0) is 4.79 Å². The summed E-state index contributed by atoms with van der Waals surface area (Å²) in [5, 5.41) is 7.97. The third kappa shape index (κ3) is 4.55. The molecule has 2 aliphatic rings. The van der Waals surface area contributed by atoms with Gasteiger partial charge in [0.25, 0.3) is 0 Å².